The van der Waals surface area contributed by atoms with Gasteiger partial charge in [0.2, 0.25) is 23.5 Å². The molecule has 2 aliphatic carbocycles. The summed E-state index contributed by atoms with van der Waals surface area (Å²) in [5.41, 5.74) is 4.55. The van der Waals surface area contributed by atoms with Crippen molar-refractivity contribution in [3.05, 3.63) is 24.3 Å². The van der Waals surface area contributed by atoms with E-state index in [9.17, 15) is 28.8 Å². The van der Waals surface area contributed by atoms with Crippen molar-refractivity contribution in [1.82, 2.24) is 30.8 Å². The normalized spacial score (nSPS) is 23.7. The molecule has 0 aromatic carbocycles. The van der Waals surface area contributed by atoms with E-state index in [0.29, 0.717) is 6.54 Å². The van der Waals surface area contributed by atoms with Gasteiger partial charge >= 0.3 is 0 Å². The Kier molecular flexibility index (Phi) is 10.9. The number of fused-ring (bicyclic) bond motifs is 1. The van der Waals surface area contributed by atoms with Gasteiger partial charge in [-0.05, 0) is 55.3 Å². The maximum absolute atomic E-state index is 14.4. The number of amides is 5. The van der Waals surface area contributed by atoms with E-state index < -0.39 is 64.9 Å². The summed E-state index contributed by atoms with van der Waals surface area (Å²) < 4.78 is 0. The van der Waals surface area contributed by atoms with Crippen LogP contribution in [0.25, 0.3) is 0 Å². The molecule has 3 aliphatic rings. The number of likely N-dealkylation sites (tertiary alicyclic amines) is 1. The van der Waals surface area contributed by atoms with Crippen LogP contribution in [0.1, 0.15) is 96.0 Å². The zero-order chi connectivity index (χ0) is 32.9. The van der Waals surface area contributed by atoms with Crippen LogP contribution in [0.4, 0.5) is 0 Å². The van der Waals surface area contributed by atoms with Gasteiger partial charge in [0.15, 0.2) is 0 Å². The van der Waals surface area contributed by atoms with Crippen molar-refractivity contribution < 1.29 is 28.8 Å². The second-order valence-electron chi connectivity index (χ2n) is 13.7. The lowest BCUT2D eigenvalue weighted by molar-refractivity contribution is -0.146. The zero-order valence-corrected chi connectivity index (χ0v) is 26.7. The molecule has 1 aromatic rings. The first-order chi connectivity index (χ1) is 21.3. The fraction of sp³-hybridized carbons (Fsp3) is 0.688. The van der Waals surface area contributed by atoms with Gasteiger partial charge in [-0.3, -0.25) is 33.8 Å². The van der Waals surface area contributed by atoms with Gasteiger partial charge in [0, 0.05) is 18.9 Å². The third kappa shape index (κ3) is 7.85. The van der Waals surface area contributed by atoms with Crippen LogP contribution < -0.4 is 21.7 Å². The number of hydrogen-bond donors (Lipinski definition) is 4. The van der Waals surface area contributed by atoms with Crippen molar-refractivity contribution in [2.75, 3.05) is 6.54 Å². The first-order valence-corrected chi connectivity index (χ1v) is 16.1. The summed E-state index contributed by atoms with van der Waals surface area (Å²) in [5, 5.41) is 8.51. The van der Waals surface area contributed by atoms with E-state index in [1.165, 1.54) is 23.5 Å². The molecule has 246 valence electrons. The summed E-state index contributed by atoms with van der Waals surface area (Å²) in [6, 6.07) is -3.83. The Morgan fingerprint density at radius 3 is 2.27 bits per heavy atom. The summed E-state index contributed by atoms with van der Waals surface area (Å²) in [6.07, 6.45) is 11.3. The van der Waals surface area contributed by atoms with Crippen LogP contribution in [0.15, 0.2) is 18.6 Å². The number of rotatable bonds is 11. The van der Waals surface area contributed by atoms with E-state index in [1.54, 1.807) is 6.92 Å². The molecule has 2 heterocycles. The van der Waals surface area contributed by atoms with Crippen LogP contribution in [0, 0.1) is 23.2 Å². The largest absolute Gasteiger partial charge is 0.363 e. The number of nitrogens with two attached hydrogens (primary N) is 1. The van der Waals surface area contributed by atoms with Gasteiger partial charge in [-0.2, -0.15) is 0 Å². The highest BCUT2D eigenvalue weighted by atomic mass is 16.2. The molecule has 3 fully saturated rings. The molecule has 0 spiro atoms. The highest BCUT2D eigenvalue weighted by molar-refractivity contribution is 6.37. The molecule has 1 unspecified atom stereocenters. The van der Waals surface area contributed by atoms with E-state index in [-0.39, 0.29) is 29.9 Å². The van der Waals surface area contributed by atoms with Crippen LogP contribution in [0.3, 0.4) is 0 Å². The van der Waals surface area contributed by atoms with E-state index in [0.717, 1.165) is 51.4 Å². The number of aromatic nitrogens is 2. The van der Waals surface area contributed by atoms with Crippen LogP contribution in [0.5, 0.6) is 0 Å². The first kappa shape index (κ1) is 34.0. The van der Waals surface area contributed by atoms with Gasteiger partial charge in [-0.25, -0.2) is 4.98 Å². The lowest BCUT2D eigenvalue weighted by Crippen LogP contribution is -2.62. The van der Waals surface area contributed by atoms with Gasteiger partial charge < -0.3 is 26.6 Å². The maximum atomic E-state index is 14.4. The Bertz CT molecular complexity index is 1280. The molecule has 4 rings (SSSR count). The standard InChI is InChI=1S/C32H47N7O6/c1-5-21(25(40)27(33)41)36-30(44)24-20-13-9-12-19(20)17-39(24)31(45)26(32(2,3)4)38-29(43)23(18-10-7-6-8-11-18)37-28(42)22-16-34-14-15-35-22/h14-16,18-21,23-24,26H,5-13,17H2,1-4H3,(H2,33,41)(H,36,44)(H,37,42)(H,38,43)/t19-,20-,21?,23-,24-,26+/m0/s1. The van der Waals surface area contributed by atoms with Crippen molar-refractivity contribution in [1.29, 1.82) is 0 Å². The molecule has 13 heteroatoms. The highest BCUT2D eigenvalue weighted by Gasteiger charge is 2.52. The molecule has 5 amide bonds. The van der Waals surface area contributed by atoms with Gasteiger partial charge in [-0.15, -0.1) is 0 Å². The second kappa shape index (κ2) is 14.5. The third-order valence-corrected chi connectivity index (χ3v) is 9.61. The molecule has 45 heavy (non-hydrogen) atoms. The summed E-state index contributed by atoms with van der Waals surface area (Å²) in [6.45, 7) is 7.54. The fourth-order valence-electron chi connectivity index (χ4n) is 7.19. The van der Waals surface area contributed by atoms with Crippen LogP contribution >= 0.6 is 0 Å². The predicted molar refractivity (Wildman–Crippen MR) is 164 cm³/mol. The molecule has 13 nitrogen and oxygen atoms in total. The predicted octanol–water partition coefficient (Wildman–Crippen LogP) is 1.26. The monoisotopic (exact) mass is 625 g/mol. The summed E-state index contributed by atoms with van der Waals surface area (Å²) in [4.78, 5) is 88.7. The van der Waals surface area contributed by atoms with Crippen molar-refractivity contribution in [2.45, 2.75) is 110 Å². The quantitative estimate of drug-likeness (QED) is 0.264. The van der Waals surface area contributed by atoms with Crippen molar-refractivity contribution in [3.63, 3.8) is 0 Å². The smallest absolute Gasteiger partial charge is 0.287 e. The summed E-state index contributed by atoms with van der Waals surface area (Å²) in [7, 11) is 0. The fourth-order valence-corrected chi connectivity index (χ4v) is 7.19. The average Bonchev–Trinajstić information content (AvgIpc) is 3.62. The minimum Gasteiger partial charge on any atom is -0.363 e. The number of primary amides is 1. The van der Waals surface area contributed by atoms with Crippen LogP contribution in [0.2, 0.25) is 0 Å². The second-order valence-corrected chi connectivity index (χ2v) is 13.7. The molecule has 1 saturated heterocycles. The minimum atomic E-state index is -1.13. The number of ketones is 1. The zero-order valence-electron chi connectivity index (χ0n) is 26.7. The Morgan fingerprint density at radius 1 is 0.956 bits per heavy atom. The van der Waals surface area contributed by atoms with E-state index in [4.69, 9.17) is 5.73 Å². The average molecular weight is 626 g/mol. The van der Waals surface area contributed by atoms with Gasteiger partial charge in [0.1, 0.15) is 23.8 Å². The van der Waals surface area contributed by atoms with Gasteiger partial charge in [-0.1, -0.05) is 53.4 Å². The summed E-state index contributed by atoms with van der Waals surface area (Å²) >= 11 is 0. The Morgan fingerprint density at radius 2 is 1.67 bits per heavy atom. The lowest BCUT2D eigenvalue weighted by atomic mass is 9.82. The molecule has 2 saturated carbocycles. The van der Waals surface area contributed by atoms with Gasteiger partial charge in [0.25, 0.3) is 11.8 Å². The van der Waals surface area contributed by atoms with E-state index >= 15 is 0 Å². The number of hydrogen-bond acceptors (Lipinski definition) is 8. The maximum Gasteiger partial charge on any atom is 0.287 e. The molecule has 0 bridgehead atoms. The van der Waals surface area contributed by atoms with Crippen LogP contribution in [-0.4, -0.2) is 80.9 Å². The topological polar surface area (TPSA) is 194 Å². The number of carbonyl (C=O) groups excluding carboxylic acids is 6. The molecule has 0 radical (unpaired) electrons. The van der Waals surface area contributed by atoms with E-state index in [1.807, 2.05) is 20.8 Å². The highest BCUT2D eigenvalue weighted by Crippen LogP contribution is 2.43. The molecule has 1 aliphatic heterocycles. The minimum absolute atomic E-state index is 0.0900. The lowest BCUT2D eigenvalue weighted by Gasteiger charge is -2.38. The molecule has 1 aromatic heterocycles. The Balaban J connectivity index is 1.58. The molecular formula is C32H47N7O6. The van der Waals surface area contributed by atoms with Crippen molar-refractivity contribution >= 4 is 35.3 Å². The molecular weight excluding hydrogens is 578 g/mol. The summed E-state index contributed by atoms with van der Waals surface area (Å²) in [5.74, 6) is -4.03. The molecule has 5 N–H and O–H groups in total. The van der Waals surface area contributed by atoms with Crippen molar-refractivity contribution in [3.8, 4) is 0 Å². The third-order valence-electron chi connectivity index (χ3n) is 9.61. The van der Waals surface area contributed by atoms with Crippen LogP contribution in [-0.2, 0) is 24.0 Å². The first-order valence-electron chi connectivity index (χ1n) is 16.1. The van der Waals surface area contributed by atoms with Crippen molar-refractivity contribution in [2.24, 2.45) is 28.9 Å². The number of nitrogens with zero attached hydrogens (tertiary/aromatic N) is 3. The SMILES string of the molecule is CCC(NC(=O)[C@@H]1[C@H]2CCC[C@H]2CN1C(=O)[C@@H](NC(=O)[C@@H](NC(=O)c1cnccn1)C1CCCCC1)C(C)(C)C)C(=O)C(N)=O. The number of nitrogens with one attached hydrogen (secondary N) is 3. The molecule has 6 atom stereocenters. The number of Topliss-reactive ketones (excluding diaryl/α,β-unsaturated/α-hetero) is 1. The van der Waals surface area contributed by atoms with E-state index in [2.05, 4.69) is 25.9 Å². The Hall–Kier alpha value is -3.90. The number of carbonyl (C=O) groups is 6. The van der Waals surface area contributed by atoms with Gasteiger partial charge in [0.05, 0.1) is 12.2 Å². The Labute approximate surface area is 264 Å².